The number of aliphatic hydroxyl groups is 1. The van der Waals surface area contributed by atoms with Gasteiger partial charge in [-0.25, -0.2) is 0 Å². The van der Waals surface area contributed by atoms with E-state index in [9.17, 15) is 0 Å². The maximum absolute atomic E-state index is 8.99. The molecule has 0 amide bonds. The summed E-state index contributed by atoms with van der Waals surface area (Å²) in [6.07, 6.45) is 1.67. The molecule has 0 saturated carbocycles. The van der Waals surface area contributed by atoms with Gasteiger partial charge in [-0.05, 0) is 6.92 Å². The summed E-state index contributed by atoms with van der Waals surface area (Å²) >= 11 is 0. The third-order valence-corrected chi connectivity index (χ3v) is 1.65. The fourth-order valence-electron chi connectivity index (χ4n) is 1.07. The topological polar surface area (TPSA) is 38.7 Å². The maximum Gasteiger partial charge on any atom is 0.191 e. The van der Waals surface area contributed by atoms with Crippen LogP contribution >= 0.6 is 0 Å². The molecule has 11 heavy (non-hydrogen) atoms. The quantitative estimate of drug-likeness (QED) is 0.595. The highest BCUT2D eigenvalue weighted by Crippen LogP contribution is 2.17. The standard InChI is InChI=1S/C8H18O3/c1-4-6-8(7-9,10-3)11-5-2/h9H,4-7H2,1-3H3. The summed E-state index contributed by atoms with van der Waals surface area (Å²) in [6.45, 7) is 4.40. The Kier molecular flexibility index (Phi) is 5.46. The first-order chi connectivity index (χ1) is 5.24. The summed E-state index contributed by atoms with van der Waals surface area (Å²) in [6, 6.07) is 0. The van der Waals surface area contributed by atoms with Crippen LogP contribution in [0.5, 0.6) is 0 Å². The average Bonchev–Trinajstić information content (AvgIpc) is 2.04. The molecular formula is C8H18O3. The van der Waals surface area contributed by atoms with Crippen LogP contribution in [0.2, 0.25) is 0 Å². The van der Waals surface area contributed by atoms with Gasteiger partial charge in [0, 0.05) is 20.1 Å². The van der Waals surface area contributed by atoms with Crippen molar-refractivity contribution in [1.29, 1.82) is 0 Å². The SMILES string of the molecule is CCCC(CO)(OC)OCC. The monoisotopic (exact) mass is 162 g/mol. The van der Waals surface area contributed by atoms with Gasteiger partial charge in [-0.3, -0.25) is 0 Å². The van der Waals surface area contributed by atoms with Crippen LogP contribution < -0.4 is 0 Å². The third-order valence-electron chi connectivity index (χ3n) is 1.65. The van der Waals surface area contributed by atoms with Crippen LogP contribution in [0.25, 0.3) is 0 Å². The maximum atomic E-state index is 8.99. The van der Waals surface area contributed by atoms with Gasteiger partial charge < -0.3 is 14.6 Å². The number of rotatable bonds is 6. The molecule has 0 saturated heterocycles. The second kappa shape index (κ2) is 5.52. The smallest absolute Gasteiger partial charge is 0.191 e. The van der Waals surface area contributed by atoms with Gasteiger partial charge in [-0.2, -0.15) is 0 Å². The molecule has 1 N–H and O–H groups in total. The minimum atomic E-state index is -0.760. The molecule has 3 heteroatoms. The molecule has 68 valence electrons. The van der Waals surface area contributed by atoms with Crippen molar-refractivity contribution in [1.82, 2.24) is 0 Å². The molecule has 1 unspecified atom stereocenters. The lowest BCUT2D eigenvalue weighted by Crippen LogP contribution is -2.38. The summed E-state index contributed by atoms with van der Waals surface area (Å²) in [4.78, 5) is 0. The Labute approximate surface area is 68.3 Å². The van der Waals surface area contributed by atoms with E-state index in [0.29, 0.717) is 6.61 Å². The zero-order valence-corrected chi connectivity index (χ0v) is 7.59. The van der Waals surface area contributed by atoms with Gasteiger partial charge >= 0.3 is 0 Å². The molecule has 0 aliphatic carbocycles. The van der Waals surface area contributed by atoms with E-state index in [1.807, 2.05) is 13.8 Å². The molecule has 0 fully saturated rings. The van der Waals surface area contributed by atoms with E-state index in [0.717, 1.165) is 12.8 Å². The van der Waals surface area contributed by atoms with Crippen LogP contribution in [0.15, 0.2) is 0 Å². The van der Waals surface area contributed by atoms with Crippen molar-refractivity contribution < 1.29 is 14.6 Å². The fraction of sp³-hybridized carbons (Fsp3) is 1.00. The average molecular weight is 162 g/mol. The molecule has 1 atom stereocenters. The van der Waals surface area contributed by atoms with Gasteiger partial charge in [0.05, 0.1) is 6.61 Å². The molecule has 0 aliphatic rings. The lowest BCUT2D eigenvalue weighted by molar-refractivity contribution is -0.242. The van der Waals surface area contributed by atoms with Gasteiger partial charge in [0.15, 0.2) is 5.79 Å². The first kappa shape index (κ1) is 10.9. The highest BCUT2D eigenvalue weighted by molar-refractivity contribution is 4.66. The van der Waals surface area contributed by atoms with Gasteiger partial charge in [-0.1, -0.05) is 13.3 Å². The predicted molar refractivity (Wildman–Crippen MR) is 43.4 cm³/mol. The van der Waals surface area contributed by atoms with Crippen LogP contribution in [0.1, 0.15) is 26.7 Å². The van der Waals surface area contributed by atoms with Crippen molar-refractivity contribution >= 4 is 0 Å². The molecule has 0 aliphatic heterocycles. The lowest BCUT2D eigenvalue weighted by Gasteiger charge is -2.29. The molecular weight excluding hydrogens is 144 g/mol. The second-order valence-corrected chi connectivity index (χ2v) is 2.46. The Morgan fingerprint density at radius 2 is 2.00 bits per heavy atom. The van der Waals surface area contributed by atoms with Crippen LogP contribution in [0.4, 0.5) is 0 Å². The van der Waals surface area contributed by atoms with Gasteiger partial charge in [0.2, 0.25) is 0 Å². The van der Waals surface area contributed by atoms with E-state index in [1.165, 1.54) is 0 Å². The van der Waals surface area contributed by atoms with Crippen molar-refractivity contribution in [2.24, 2.45) is 0 Å². The molecule has 0 bridgehead atoms. The number of hydrogen-bond acceptors (Lipinski definition) is 3. The summed E-state index contributed by atoms with van der Waals surface area (Å²) in [5, 5.41) is 8.99. The van der Waals surface area contributed by atoms with E-state index in [1.54, 1.807) is 7.11 Å². The van der Waals surface area contributed by atoms with Crippen molar-refractivity contribution in [3.8, 4) is 0 Å². The summed E-state index contributed by atoms with van der Waals surface area (Å²) in [5.74, 6) is -0.760. The zero-order valence-electron chi connectivity index (χ0n) is 7.59. The van der Waals surface area contributed by atoms with Crippen molar-refractivity contribution in [3.63, 3.8) is 0 Å². The fourth-order valence-corrected chi connectivity index (χ4v) is 1.07. The predicted octanol–water partition coefficient (Wildman–Crippen LogP) is 1.16. The van der Waals surface area contributed by atoms with E-state index in [-0.39, 0.29) is 6.61 Å². The van der Waals surface area contributed by atoms with Crippen LogP contribution in [0.3, 0.4) is 0 Å². The Morgan fingerprint density at radius 3 is 2.27 bits per heavy atom. The second-order valence-electron chi connectivity index (χ2n) is 2.46. The molecule has 0 aromatic heterocycles. The van der Waals surface area contributed by atoms with Crippen molar-refractivity contribution in [2.75, 3.05) is 20.3 Å². The largest absolute Gasteiger partial charge is 0.391 e. The summed E-state index contributed by atoms with van der Waals surface area (Å²) in [7, 11) is 1.56. The normalized spacial score (nSPS) is 16.4. The number of methoxy groups -OCH3 is 1. The van der Waals surface area contributed by atoms with Gasteiger partial charge in [-0.15, -0.1) is 0 Å². The van der Waals surface area contributed by atoms with Crippen molar-refractivity contribution in [2.45, 2.75) is 32.5 Å². The Balaban J connectivity index is 3.96. The zero-order chi connectivity index (χ0) is 8.74. The van der Waals surface area contributed by atoms with Crippen LogP contribution in [-0.4, -0.2) is 31.2 Å². The first-order valence-corrected chi connectivity index (χ1v) is 4.04. The molecule has 0 aromatic rings. The van der Waals surface area contributed by atoms with Crippen LogP contribution in [0, 0.1) is 0 Å². The molecule has 3 nitrogen and oxygen atoms in total. The minimum Gasteiger partial charge on any atom is -0.391 e. The van der Waals surface area contributed by atoms with Crippen molar-refractivity contribution in [3.05, 3.63) is 0 Å². The molecule has 0 spiro atoms. The van der Waals surface area contributed by atoms with E-state index < -0.39 is 5.79 Å². The molecule has 0 aromatic carbocycles. The Morgan fingerprint density at radius 1 is 1.36 bits per heavy atom. The Hall–Kier alpha value is -0.120. The number of hydrogen-bond donors (Lipinski definition) is 1. The van der Waals surface area contributed by atoms with E-state index >= 15 is 0 Å². The number of aliphatic hydroxyl groups excluding tert-OH is 1. The third kappa shape index (κ3) is 3.18. The summed E-state index contributed by atoms with van der Waals surface area (Å²) in [5.41, 5.74) is 0. The summed E-state index contributed by atoms with van der Waals surface area (Å²) < 4.78 is 10.4. The van der Waals surface area contributed by atoms with E-state index in [2.05, 4.69) is 0 Å². The number of ether oxygens (including phenoxy) is 2. The molecule has 0 rings (SSSR count). The Bertz CT molecular complexity index is 81.3. The highest BCUT2D eigenvalue weighted by atomic mass is 16.7. The minimum absolute atomic E-state index is 0.0782. The molecule has 0 radical (unpaired) electrons. The van der Waals surface area contributed by atoms with Gasteiger partial charge in [0.1, 0.15) is 0 Å². The van der Waals surface area contributed by atoms with Crippen LogP contribution in [-0.2, 0) is 9.47 Å². The van der Waals surface area contributed by atoms with E-state index in [4.69, 9.17) is 14.6 Å². The first-order valence-electron chi connectivity index (χ1n) is 4.04. The van der Waals surface area contributed by atoms with Gasteiger partial charge in [0.25, 0.3) is 0 Å². The lowest BCUT2D eigenvalue weighted by atomic mass is 10.1. The highest BCUT2D eigenvalue weighted by Gasteiger charge is 2.27. The molecule has 0 heterocycles.